The molecule has 1 aliphatic rings. The molecule has 2 N–H and O–H groups in total. The fourth-order valence-corrected chi connectivity index (χ4v) is 5.16. The van der Waals surface area contributed by atoms with Crippen LogP contribution in [0.1, 0.15) is 41.1 Å². The standard InChI is InChI=1S/C31H29F3N4O2/c32-31(33,34)26-8-4-9-27(20-26)38-21-25(30(35-38)24-6-2-1-3-7-24)17-19-37-18-5-10-28(37)23-14-11-22(12-15-23)13-16-29(39)36-40/h1-4,6-9,11-16,20-21,28,40H,5,10,17-19H2,(H,36,39). The number of aromatic nitrogens is 2. The minimum Gasteiger partial charge on any atom is -0.296 e. The first-order valence-corrected chi connectivity index (χ1v) is 13.1. The van der Waals surface area contributed by atoms with Gasteiger partial charge in [0.15, 0.2) is 0 Å². The lowest BCUT2D eigenvalue weighted by Crippen LogP contribution is -2.25. The third kappa shape index (κ3) is 6.32. The number of nitrogens with zero attached hydrogens (tertiary/aromatic N) is 3. The molecular formula is C31H29F3N4O2. The van der Waals surface area contributed by atoms with Crippen LogP contribution < -0.4 is 5.48 Å². The Morgan fingerprint density at radius 2 is 1.82 bits per heavy atom. The van der Waals surface area contributed by atoms with Crippen LogP contribution in [-0.2, 0) is 17.4 Å². The summed E-state index contributed by atoms with van der Waals surface area (Å²) >= 11 is 0. The number of hydroxylamine groups is 1. The monoisotopic (exact) mass is 546 g/mol. The highest BCUT2D eigenvalue weighted by atomic mass is 19.4. The molecule has 1 unspecified atom stereocenters. The zero-order valence-corrected chi connectivity index (χ0v) is 21.7. The van der Waals surface area contributed by atoms with Gasteiger partial charge in [0.1, 0.15) is 0 Å². The van der Waals surface area contributed by atoms with Crippen molar-refractivity contribution in [2.45, 2.75) is 31.5 Å². The average Bonchev–Trinajstić information content (AvgIpc) is 3.62. The van der Waals surface area contributed by atoms with Crippen LogP contribution in [0.3, 0.4) is 0 Å². The molecule has 1 atom stereocenters. The van der Waals surface area contributed by atoms with E-state index in [0.29, 0.717) is 12.1 Å². The van der Waals surface area contributed by atoms with Crippen molar-refractivity contribution in [2.24, 2.45) is 0 Å². The summed E-state index contributed by atoms with van der Waals surface area (Å²) in [7, 11) is 0. The first-order chi connectivity index (χ1) is 19.3. The molecule has 2 heterocycles. The summed E-state index contributed by atoms with van der Waals surface area (Å²) in [5, 5.41) is 13.4. The lowest BCUT2D eigenvalue weighted by atomic mass is 10.0. The van der Waals surface area contributed by atoms with Crippen molar-refractivity contribution < 1.29 is 23.2 Å². The number of alkyl halides is 3. The summed E-state index contributed by atoms with van der Waals surface area (Å²) in [4.78, 5) is 13.7. The Morgan fingerprint density at radius 3 is 2.55 bits per heavy atom. The highest BCUT2D eigenvalue weighted by Gasteiger charge is 2.31. The van der Waals surface area contributed by atoms with Crippen molar-refractivity contribution in [3.8, 4) is 16.9 Å². The van der Waals surface area contributed by atoms with E-state index in [2.05, 4.69) is 17.0 Å². The highest BCUT2D eigenvalue weighted by molar-refractivity contribution is 5.90. The fourth-order valence-electron chi connectivity index (χ4n) is 5.16. The predicted molar refractivity (Wildman–Crippen MR) is 147 cm³/mol. The van der Waals surface area contributed by atoms with E-state index in [1.54, 1.807) is 17.6 Å². The number of benzene rings is 3. The molecule has 1 saturated heterocycles. The van der Waals surface area contributed by atoms with Crippen LogP contribution in [0.15, 0.2) is 91.1 Å². The van der Waals surface area contributed by atoms with Crippen molar-refractivity contribution in [3.05, 3.63) is 113 Å². The average molecular weight is 547 g/mol. The van der Waals surface area contributed by atoms with E-state index in [1.165, 1.54) is 22.4 Å². The number of carbonyl (C=O) groups excluding carboxylic acids is 1. The Labute approximate surface area is 230 Å². The van der Waals surface area contributed by atoms with Crippen molar-refractivity contribution in [1.82, 2.24) is 20.2 Å². The van der Waals surface area contributed by atoms with E-state index in [4.69, 9.17) is 10.3 Å². The van der Waals surface area contributed by atoms with Gasteiger partial charge in [-0.25, -0.2) is 10.2 Å². The number of likely N-dealkylation sites (tertiary alicyclic amines) is 1. The maximum absolute atomic E-state index is 13.3. The van der Waals surface area contributed by atoms with E-state index in [1.807, 2.05) is 48.7 Å². The molecule has 6 nitrogen and oxygen atoms in total. The quantitative estimate of drug-likeness (QED) is 0.151. The molecule has 1 aliphatic heterocycles. The summed E-state index contributed by atoms with van der Waals surface area (Å²) in [6, 6.07) is 23.2. The normalized spacial score (nSPS) is 16.1. The van der Waals surface area contributed by atoms with E-state index in [9.17, 15) is 18.0 Å². The van der Waals surface area contributed by atoms with Gasteiger partial charge >= 0.3 is 6.18 Å². The lowest BCUT2D eigenvalue weighted by Gasteiger charge is -2.25. The summed E-state index contributed by atoms with van der Waals surface area (Å²) in [6.45, 7) is 1.72. The van der Waals surface area contributed by atoms with Gasteiger partial charge < -0.3 is 0 Å². The second kappa shape index (κ2) is 11.9. The molecule has 0 radical (unpaired) electrons. The van der Waals surface area contributed by atoms with Crippen LogP contribution >= 0.6 is 0 Å². The van der Waals surface area contributed by atoms with Gasteiger partial charge in [0.05, 0.1) is 16.9 Å². The van der Waals surface area contributed by atoms with E-state index >= 15 is 0 Å². The zero-order chi connectivity index (χ0) is 28.1. The second-order valence-corrected chi connectivity index (χ2v) is 9.78. The molecule has 40 heavy (non-hydrogen) atoms. The number of rotatable bonds is 8. The largest absolute Gasteiger partial charge is 0.416 e. The van der Waals surface area contributed by atoms with Crippen molar-refractivity contribution >= 4 is 12.0 Å². The van der Waals surface area contributed by atoms with Crippen LogP contribution in [0.2, 0.25) is 0 Å². The van der Waals surface area contributed by atoms with Gasteiger partial charge in [-0.2, -0.15) is 18.3 Å². The number of nitrogens with one attached hydrogen (secondary N) is 1. The third-order valence-corrected chi connectivity index (χ3v) is 7.17. The Bertz CT molecular complexity index is 1480. The van der Waals surface area contributed by atoms with Crippen LogP contribution in [0, 0.1) is 0 Å². The maximum atomic E-state index is 13.3. The van der Waals surface area contributed by atoms with E-state index in [0.717, 1.165) is 60.4 Å². The molecule has 9 heteroatoms. The van der Waals surface area contributed by atoms with Gasteiger partial charge in [0.25, 0.3) is 5.91 Å². The third-order valence-electron chi connectivity index (χ3n) is 7.17. The van der Waals surface area contributed by atoms with Crippen LogP contribution in [-0.4, -0.2) is 38.9 Å². The maximum Gasteiger partial charge on any atom is 0.416 e. The van der Waals surface area contributed by atoms with Crippen molar-refractivity contribution in [1.29, 1.82) is 0 Å². The second-order valence-electron chi connectivity index (χ2n) is 9.78. The molecule has 0 spiro atoms. The van der Waals surface area contributed by atoms with Gasteiger partial charge in [0.2, 0.25) is 0 Å². The zero-order valence-electron chi connectivity index (χ0n) is 21.7. The summed E-state index contributed by atoms with van der Waals surface area (Å²) in [5.41, 5.74) is 5.92. The minimum atomic E-state index is -4.43. The van der Waals surface area contributed by atoms with E-state index in [-0.39, 0.29) is 6.04 Å². The Balaban J connectivity index is 1.36. The first-order valence-electron chi connectivity index (χ1n) is 13.1. The molecule has 1 fully saturated rings. The number of hydrogen-bond acceptors (Lipinski definition) is 4. The summed E-state index contributed by atoms with van der Waals surface area (Å²) in [6.07, 6.45) is 3.09. The Hall–Kier alpha value is -4.21. The molecule has 1 amide bonds. The smallest absolute Gasteiger partial charge is 0.296 e. The Kier molecular flexibility index (Phi) is 8.14. The number of halogens is 3. The molecule has 0 aliphatic carbocycles. The Morgan fingerprint density at radius 1 is 1.05 bits per heavy atom. The van der Waals surface area contributed by atoms with Gasteiger partial charge in [-0.05, 0) is 66.8 Å². The topological polar surface area (TPSA) is 70.4 Å². The predicted octanol–water partition coefficient (Wildman–Crippen LogP) is 6.46. The van der Waals surface area contributed by atoms with Gasteiger partial charge in [-0.3, -0.25) is 14.9 Å². The number of carbonyl (C=O) groups is 1. The SMILES string of the molecule is O=C(C=Cc1ccc(C2CCCN2CCc2cn(-c3cccc(C(F)(F)F)c3)nc2-c2ccccc2)cc1)NO. The van der Waals surface area contributed by atoms with Crippen LogP contribution in [0.25, 0.3) is 23.0 Å². The first kappa shape index (κ1) is 27.4. The fraction of sp³-hybridized carbons (Fsp3) is 0.226. The minimum absolute atomic E-state index is 0.248. The number of hydrogen-bond donors (Lipinski definition) is 2. The van der Waals surface area contributed by atoms with Crippen molar-refractivity contribution in [3.63, 3.8) is 0 Å². The molecule has 0 bridgehead atoms. The van der Waals surface area contributed by atoms with Crippen LogP contribution in [0.5, 0.6) is 0 Å². The molecule has 1 aromatic heterocycles. The van der Waals surface area contributed by atoms with Crippen molar-refractivity contribution in [2.75, 3.05) is 13.1 Å². The lowest BCUT2D eigenvalue weighted by molar-refractivity contribution is -0.137. The summed E-state index contributed by atoms with van der Waals surface area (Å²) in [5.74, 6) is -0.586. The van der Waals surface area contributed by atoms with Gasteiger partial charge in [-0.1, -0.05) is 60.7 Å². The molecule has 0 saturated carbocycles. The summed E-state index contributed by atoms with van der Waals surface area (Å²) < 4.78 is 41.6. The van der Waals surface area contributed by atoms with Gasteiger partial charge in [-0.15, -0.1) is 0 Å². The number of amides is 1. The van der Waals surface area contributed by atoms with Crippen LogP contribution in [0.4, 0.5) is 13.2 Å². The molecule has 3 aromatic carbocycles. The molecule has 5 rings (SSSR count). The molecule has 4 aromatic rings. The molecule has 206 valence electrons. The highest BCUT2D eigenvalue weighted by Crippen LogP contribution is 2.34. The molecular weight excluding hydrogens is 517 g/mol. The van der Waals surface area contributed by atoms with E-state index < -0.39 is 17.6 Å². The van der Waals surface area contributed by atoms with Gasteiger partial charge in [0, 0.05) is 30.4 Å².